The monoisotopic (exact) mass is 675 g/mol. The number of carbonyl (C=O) groups excluding carboxylic acids is 2. The van der Waals surface area contributed by atoms with E-state index in [1.165, 1.54) is 0 Å². The molecular weight excluding hydrogens is 630 g/mol. The summed E-state index contributed by atoms with van der Waals surface area (Å²) in [6, 6.07) is 30.4. The third-order valence-corrected chi connectivity index (χ3v) is 8.50. The number of benzene rings is 3. The van der Waals surface area contributed by atoms with E-state index >= 15 is 0 Å². The maximum Gasteiger partial charge on any atom is 0.410 e. The fourth-order valence-electron chi connectivity index (χ4n) is 6.08. The van der Waals surface area contributed by atoms with Crippen LogP contribution in [0, 0.1) is 6.92 Å². The number of aromatic nitrogens is 3. The Morgan fingerprint density at radius 2 is 1.48 bits per heavy atom. The van der Waals surface area contributed by atoms with Gasteiger partial charge in [0.25, 0.3) is 0 Å². The Morgan fingerprint density at radius 1 is 0.800 bits per heavy atom. The molecule has 0 radical (unpaired) electrons. The average molecular weight is 676 g/mol. The predicted molar refractivity (Wildman–Crippen MR) is 194 cm³/mol. The molecule has 50 heavy (non-hydrogen) atoms. The van der Waals surface area contributed by atoms with Gasteiger partial charge in [-0.05, 0) is 56.9 Å². The highest BCUT2D eigenvalue weighted by molar-refractivity contribution is 5.83. The van der Waals surface area contributed by atoms with E-state index in [0.717, 1.165) is 50.7 Å². The Balaban J connectivity index is 1.20. The molecular formula is C40H45N5O5. The molecule has 0 atom stereocenters. The van der Waals surface area contributed by atoms with Gasteiger partial charge < -0.3 is 24.0 Å². The summed E-state index contributed by atoms with van der Waals surface area (Å²) in [6.07, 6.45) is 0.614. The number of piperazine rings is 1. The fraction of sp³-hybridized carbons (Fsp3) is 0.350. The first kappa shape index (κ1) is 34.6. The van der Waals surface area contributed by atoms with Crippen molar-refractivity contribution in [3.05, 3.63) is 108 Å². The number of aryl methyl sites for hydroxylation is 1. The second-order valence-corrected chi connectivity index (χ2v) is 13.5. The minimum Gasteiger partial charge on any atom is -0.460 e. The molecule has 1 fully saturated rings. The zero-order valence-corrected chi connectivity index (χ0v) is 29.3. The summed E-state index contributed by atoms with van der Waals surface area (Å²) in [4.78, 5) is 34.2. The lowest BCUT2D eigenvalue weighted by atomic mass is 10.0. The molecule has 1 saturated heterocycles. The van der Waals surface area contributed by atoms with Crippen LogP contribution in [0.4, 0.5) is 10.6 Å². The van der Waals surface area contributed by atoms with Gasteiger partial charge >= 0.3 is 12.1 Å². The molecule has 1 aliphatic rings. The maximum absolute atomic E-state index is 12.9. The molecule has 3 heterocycles. The van der Waals surface area contributed by atoms with E-state index in [4.69, 9.17) is 24.3 Å². The quantitative estimate of drug-likeness (QED) is 0.108. The number of anilines is 1. The SMILES string of the molecule is Cc1nn2c(N3CCN(C(=O)OCc4ccccc4)CC3)cc(-c3cccc(CCOCCC(=O)OC(C)(C)C)c3)nc2c1-c1ccccc1. The van der Waals surface area contributed by atoms with Gasteiger partial charge in [0, 0.05) is 43.4 Å². The molecule has 0 bridgehead atoms. The van der Waals surface area contributed by atoms with E-state index < -0.39 is 5.60 Å². The first-order chi connectivity index (χ1) is 24.1. The third kappa shape index (κ3) is 8.67. The summed E-state index contributed by atoms with van der Waals surface area (Å²) >= 11 is 0. The molecule has 1 amide bonds. The number of nitrogens with zero attached hydrogens (tertiary/aromatic N) is 5. The van der Waals surface area contributed by atoms with Crippen LogP contribution in [0.25, 0.3) is 28.0 Å². The number of hydrogen-bond donors (Lipinski definition) is 0. The molecule has 2 aromatic heterocycles. The zero-order valence-electron chi connectivity index (χ0n) is 29.3. The van der Waals surface area contributed by atoms with Crippen molar-refractivity contribution in [2.75, 3.05) is 44.3 Å². The summed E-state index contributed by atoms with van der Waals surface area (Å²) in [6.45, 7) is 11.0. The predicted octanol–water partition coefficient (Wildman–Crippen LogP) is 7.12. The summed E-state index contributed by atoms with van der Waals surface area (Å²) in [5.74, 6) is 0.662. The van der Waals surface area contributed by atoms with Gasteiger partial charge in [0.1, 0.15) is 18.0 Å². The van der Waals surface area contributed by atoms with Crippen molar-refractivity contribution < 1.29 is 23.8 Å². The van der Waals surface area contributed by atoms with Crippen LogP contribution < -0.4 is 4.90 Å². The second-order valence-electron chi connectivity index (χ2n) is 13.5. The van der Waals surface area contributed by atoms with Crippen molar-refractivity contribution in [2.24, 2.45) is 0 Å². The lowest BCUT2D eigenvalue weighted by Crippen LogP contribution is -2.49. The number of carbonyl (C=O) groups is 2. The molecule has 0 saturated carbocycles. The summed E-state index contributed by atoms with van der Waals surface area (Å²) < 4.78 is 18.7. The highest BCUT2D eigenvalue weighted by atomic mass is 16.6. The van der Waals surface area contributed by atoms with E-state index in [2.05, 4.69) is 41.3 Å². The van der Waals surface area contributed by atoms with E-state index in [0.29, 0.717) is 45.8 Å². The Hall–Kier alpha value is -5.22. The molecule has 0 aliphatic carbocycles. The Bertz CT molecular complexity index is 1910. The van der Waals surface area contributed by atoms with Crippen LogP contribution in [0.2, 0.25) is 0 Å². The molecule has 10 heteroatoms. The highest BCUT2D eigenvalue weighted by Crippen LogP contribution is 2.33. The van der Waals surface area contributed by atoms with Gasteiger partial charge in [0.05, 0.1) is 31.0 Å². The number of fused-ring (bicyclic) bond motifs is 1. The molecule has 260 valence electrons. The van der Waals surface area contributed by atoms with E-state index in [1.54, 1.807) is 4.90 Å². The van der Waals surface area contributed by atoms with Crippen molar-refractivity contribution in [3.8, 4) is 22.4 Å². The summed E-state index contributed by atoms with van der Waals surface area (Å²) in [5.41, 5.74) is 7.11. The minimum absolute atomic E-state index is 0.224. The van der Waals surface area contributed by atoms with Gasteiger partial charge in [-0.3, -0.25) is 4.79 Å². The highest BCUT2D eigenvalue weighted by Gasteiger charge is 2.26. The lowest BCUT2D eigenvalue weighted by molar-refractivity contribution is -0.156. The standard InChI is InChI=1S/C40H45N5O5/c1-29-37(32-15-9-6-10-16-32)38-41-34(33-17-11-14-30(26-33)18-24-48-25-19-36(46)50-40(2,3)4)27-35(45(38)42-29)43-20-22-44(23-21-43)39(47)49-28-31-12-7-5-8-13-31/h5-17,26-27H,18-25,28H2,1-4H3. The first-order valence-corrected chi connectivity index (χ1v) is 17.2. The Kier molecular flexibility index (Phi) is 10.8. The smallest absolute Gasteiger partial charge is 0.410 e. The van der Waals surface area contributed by atoms with Gasteiger partial charge in [-0.1, -0.05) is 78.9 Å². The first-order valence-electron chi connectivity index (χ1n) is 17.2. The van der Waals surface area contributed by atoms with E-state index in [-0.39, 0.29) is 25.1 Å². The third-order valence-electron chi connectivity index (χ3n) is 8.50. The molecule has 0 unspecified atom stereocenters. The number of hydrogen-bond acceptors (Lipinski definition) is 8. The lowest BCUT2D eigenvalue weighted by Gasteiger charge is -2.35. The van der Waals surface area contributed by atoms with Gasteiger partial charge in [0.15, 0.2) is 5.65 Å². The van der Waals surface area contributed by atoms with Crippen LogP contribution in [0.15, 0.2) is 91.0 Å². The van der Waals surface area contributed by atoms with Crippen molar-refractivity contribution in [1.82, 2.24) is 19.5 Å². The van der Waals surface area contributed by atoms with Crippen LogP contribution >= 0.6 is 0 Å². The number of esters is 1. The maximum atomic E-state index is 12.9. The van der Waals surface area contributed by atoms with Crippen LogP contribution in [0.1, 0.15) is 44.0 Å². The molecule has 0 N–H and O–H groups in total. The Labute approximate surface area is 293 Å². The van der Waals surface area contributed by atoms with Gasteiger partial charge in [-0.15, -0.1) is 0 Å². The molecule has 6 rings (SSSR count). The number of ether oxygens (including phenoxy) is 3. The van der Waals surface area contributed by atoms with E-state index in [9.17, 15) is 9.59 Å². The molecule has 1 aliphatic heterocycles. The molecule has 10 nitrogen and oxygen atoms in total. The van der Waals surface area contributed by atoms with Crippen molar-refractivity contribution >= 4 is 23.5 Å². The molecule has 0 spiro atoms. The molecule has 5 aromatic rings. The summed E-state index contributed by atoms with van der Waals surface area (Å²) in [5, 5.41) is 4.98. The fourth-order valence-corrected chi connectivity index (χ4v) is 6.08. The number of rotatable bonds is 11. The van der Waals surface area contributed by atoms with Crippen molar-refractivity contribution in [2.45, 2.75) is 52.7 Å². The van der Waals surface area contributed by atoms with Crippen LogP contribution in [0.5, 0.6) is 0 Å². The van der Waals surface area contributed by atoms with Crippen LogP contribution in [-0.2, 0) is 32.0 Å². The average Bonchev–Trinajstić information content (AvgIpc) is 3.46. The largest absolute Gasteiger partial charge is 0.460 e. The molecule has 3 aromatic carbocycles. The number of amides is 1. The topological polar surface area (TPSA) is 98.5 Å². The zero-order chi connectivity index (χ0) is 35.1. The Morgan fingerprint density at radius 3 is 2.20 bits per heavy atom. The van der Waals surface area contributed by atoms with Crippen LogP contribution in [-0.4, -0.2) is 76.6 Å². The summed E-state index contributed by atoms with van der Waals surface area (Å²) in [7, 11) is 0. The van der Waals surface area contributed by atoms with Crippen LogP contribution in [0.3, 0.4) is 0 Å². The second kappa shape index (κ2) is 15.6. The van der Waals surface area contributed by atoms with Gasteiger partial charge in [-0.25, -0.2) is 9.78 Å². The van der Waals surface area contributed by atoms with Crippen molar-refractivity contribution in [1.29, 1.82) is 0 Å². The normalized spacial score (nSPS) is 13.4. The van der Waals surface area contributed by atoms with E-state index in [1.807, 2.05) is 86.8 Å². The van der Waals surface area contributed by atoms with Gasteiger partial charge in [-0.2, -0.15) is 9.61 Å². The minimum atomic E-state index is -0.503. The van der Waals surface area contributed by atoms with Crippen molar-refractivity contribution in [3.63, 3.8) is 0 Å². The van der Waals surface area contributed by atoms with Gasteiger partial charge in [0.2, 0.25) is 0 Å².